The fraction of sp³-hybridized carbons (Fsp3) is 0.261. The van der Waals surface area contributed by atoms with E-state index in [4.69, 9.17) is 0 Å². The number of carbonyl (C=O) groups is 1. The van der Waals surface area contributed by atoms with Gasteiger partial charge < -0.3 is 15.5 Å². The van der Waals surface area contributed by atoms with Crippen molar-refractivity contribution < 1.29 is 4.79 Å². The van der Waals surface area contributed by atoms with Crippen molar-refractivity contribution in [2.24, 2.45) is 0 Å². The van der Waals surface area contributed by atoms with Crippen LogP contribution in [0.5, 0.6) is 0 Å². The Morgan fingerprint density at radius 1 is 0.897 bits per heavy atom. The molecule has 6 nitrogen and oxygen atoms in total. The Hall–Kier alpha value is -3.41. The average Bonchev–Trinajstić information content (AvgIpc) is 2.71. The standard InChI is InChI=1S/C23H27N5O/c1-5-28(6-2)20-13-11-19(12-14-20)27-23(29)21-15-22(25-17(4)24-21)26-18-9-7-16(3)8-10-18/h7-15H,5-6H2,1-4H3,(H,27,29)(H,24,25,26). The highest BCUT2D eigenvalue weighted by atomic mass is 16.1. The summed E-state index contributed by atoms with van der Waals surface area (Å²) >= 11 is 0. The van der Waals surface area contributed by atoms with Gasteiger partial charge in [0.15, 0.2) is 0 Å². The minimum Gasteiger partial charge on any atom is -0.372 e. The van der Waals surface area contributed by atoms with Gasteiger partial charge in [0, 0.05) is 36.2 Å². The van der Waals surface area contributed by atoms with Gasteiger partial charge >= 0.3 is 0 Å². The number of aromatic nitrogens is 2. The molecule has 0 aliphatic heterocycles. The van der Waals surface area contributed by atoms with Crippen molar-refractivity contribution in [2.45, 2.75) is 27.7 Å². The first-order valence-electron chi connectivity index (χ1n) is 9.84. The summed E-state index contributed by atoms with van der Waals surface area (Å²) in [6, 6.07) is 17.5. The Morgan fingerprint density at radius 2 is 1.52 bits per heavy atom. The number of carbonyl (C=O) groups excluding carboxylic acids is 1. The number of nitrogens with one attached hydrogen (secondary N) is 2. The van der Waals surface area contributed by atoms with Crippen LogP contribution >= 0.6 is 0 Å². The number of hydrogen-bond donors (Lipinski definition) is 2. The SMILES string of the molecule is CCN(CC)c1ccc(NC(=O)c2cc(Nc3ccc(C)cc3)nc(C)n2)cc1. The smallest absolute Gasteiger partial charge is 0.274 e. The molecule has 0 spiro atoms. The molecule has 0 saturated heterocycles. The first-order chi connectivity index (χ1) is 14.0. The van der Waals surface area contributed by atoms with Crippen LogP contribution in [0.2, 0.25) is 0 Å². The maximum Gasteiger partial charge on any atom is 0.274 e. The van der Waals surface area contributed by atoms with Crippen LogP contribution in [-0.2, 0) is 0 Å². The molecule has 0 saturated carbocycles. The lowest BCUT2D eigenvalue weighted by atomic mass is 10.2. The first kappa shape index (κ1) is 20.3. The van der Waals surface area contributed by atoms with Crippen molar-refractivity contribution in [3.63, 3.8) is 0 Å². The zero-order valence-corrected chi connectivity index (χ0v) is 17.4. The van der Waals surface area contributed by atoms with Gasteiger partial charge in [0.1, 0.15) is 17.3 Å². The molecule has 0 fully saturated rings. The van der Waals surface area contributed by atoms with Gasteiger partial charge in [0.25, 0.3) is 5.91 Å². The predicted octanol–water partition coefficient (Wildman–Crippen LogP) is 4.94. The molecule has 1 aromatic heterocycles. The molecule has 1 heterocycles. The van der Waals surface area contributed by atoms with Crippen molar-refractivity contribution in [3.8, 4) is 0 Å². The number of anilines is 4. The van der Waals surface area contributed by atoms with E-state index in [9.17, 15) is 4.79 Å². The third-order valence-electron chi connectivity index (χ3n) is 4.65. The molecule has 6 heteroatoms. The summed E-state index contributed by atoms with van der Waals surface area (Å²) in [5.41, 5.74) is 4.28. The van der Waals surface area contributed by atoms with E-state index in [-0.39, 0.29) is 5.91 Å². The van der Waals surface area contributed by atoms with Crippen LogP contribution in [0, 0.1) is 13.8 Å². The molecule has 29 heavy (non-hydrogen) atoms. The lowest BCUT2D eigenvalue weighted by Crippen LogP contribution is -2.21. The highest BCUT2D eigenvalue weighted by Crippen LogP contribution is 2.19. The van der Waals surface area contributed by atoms with Gasteiger partial charge in [-0.25, -0.2) is 9.97 Å². The molecule has 2 N–H and O–H groups in total. The van der Waals surface area contributed by atoms with Gasteiger partial charge in [-0.05, 0) is 64.1 Å². The molecule has 2 aromatic carbocycles. The molecule has 3 aromatic rings. The highest BCUT2D eigenvalue weighted by Gasteiger charge is 2.12. The van der Waals surface area contributed by atoms with E-state index in [1.54, 1.807) is 13.0 Å². The zero-order chi connectivity index (χ0) is 20.8. The van der Waals surface area contributed by atoms with E-state index in [2.05, 4.69) is 39.3 Å². The summed E-state index contributed by atoms with van der Waals surface area (Å²) < 4.78 is 0. The first-order valence-corrected chi connectivity index (χ1v) is 9.84. The molecular formula is C23H27N5O. The molecule has 1 amide bonds. The maximum atomic E-state index is 12.7. The topological polar surface area (TPSA) is 70.2 Å². The van der Waals surface area contributed by atoms with Crippen LogP contribution in [0.4, 0.5) is 22.9 Å². The lowest BCUT2D eigenvalue weighted by Gasteiger charge is -2.21. The molecule has 0 aliphatic carbocycles. The minimum atomic E-state index is -0.266. The monoisotopic (exact) mass is 389 g/mol. The Kier molecular flexibility index (Phi) is 6.44. The number of benzene rings is 2. The van der Waals surface area contributed by atoms with Crippen LogP contribution in [-0.4, -0.2) is 29.0 Å². The Labute approximate surface area is 172 Å². The number of nitrogens with zero attached hydrogens (tertiary/aromatic N) is 3. The second kappa shape index (κ2) is 9.19. The summed E-state index contributed by atoms with van der Waals surface area (Å²) in [5.74, 6) is 0.852. The zero-order valence-electron chi connectivity index (χ0n) is 17.4. The average molecular weight is 390 g/mol. The number of amides is 1. The Bertz CT molecular complexity index is 964. The number of hydrogen-bond acceptors (Lipinski definition) is 5. The van der Waals surface area contributed by atoms with E-state index in [0.717, 1.165) is 30.2 Å². The highest BCUT2D eigenvalue weighted by molar-refractivity contribution is 6.03. The quantitative estimate of drug-likeness (QED) is 0.599. The van der Waals surface area contributed by atoms with Crippen LogP contribution in [0.3, 0.4) is 0 Å². The minimum absolute atomic E-state index is 0.266. The fourth-order valence-corrected chi connectivity index (χ4v) is 3.07. The van der Waals surface area contributed by atoms with E-state index in [0.29, 0.717) is 17.3 Å². The predicted molar refractivity (Wildman–Crippen MR) is 119 cm³/mol. The van der Waals surface area contributed by atoms with E-state index >= 15 is 0 Å². The van der Waals surface area contributed by atoms with Crippen molar-refractivity contribution in [3.05, 3.63) is 71.7 Å². The fourth-order valence-electron chi connectivity index (χ4n) is 3.07. The van der Waals surface area contributed by atoms with Crippen molar-refractivity contribution in [1.82, 2.24) is 9.97 Å². The summed E-state index contributed by atoms with van der Waals surface area (Å²) in [5, 5.41) is 6.14. The van der Waals surface area contributed by atoms with Gasteiger partial charge in [0.05, 0.1) is 0 Å². The molecule has 0 atom stereocenters. The van der Waals surface area contributed by atoms with Crippen LogP contribution in [0.25, 0.3) is 0 Å². The second-order valence-corrected chi connectivity index (χ2v) is 6.85. The third-order valence-corrected chi connectivity index (χ3v) is 4.65. The summed E-state index contributed by atoms with van der Waals surface area (Å²) in [6.45, 7) is 9.95. The largest absolute Gasteiger partial charge is 0.372 e. The van der Waals surface area contributed by atoms with Crippen LogP contribution in [0.1, 0.15) is 35.7 Å². The second-order valence-electron chi connectivity index (χ2n) is 6.85. The van der Waals surface area contributed by atoms with Crippen LogP contribution in [0.15, 0.2) is 54.6 Å². The number of aryl methyl sites for hydroxylation is 2. The van der Waals surface area contributed by atoms with Gasteiger partial charge in [0.2, 0.25) is 0 Å². The molecule has 0 bridgehead atoms. The molecule has 3 rings (SSSR count). The molecule has 0 aliphatic rings. The van der Waals surface area contributed by atoms with Crippen molar-refractivity contribution >= 4 is 28.8 Å². The Morgan fingerprint density at radius 3 is 2.14 bits per heavy atom. The lowest BCUT2D eigenvalue weighted by molar-refractivity contribution is 0.102. The van der Waals surface area contributed by atoms with Gasteiger partial charge in [-0.2, -0.15) is 0 Å². The number of rotatable bonds is 7. The summed E-state index contributed by atoms with van der Waals surface area (Å²) in [4.78, 5) is 23.6. The molecule has 150 valence electrons. The van der Waals surface area contributed by atoms with E-state index in [1.165, 1.54) is 5.56 Å². The van der Waals surface area contributed by atoms with E-state index in [1.807, 2.05) is 55.5 Å². The summed E-state index contributed by atoms with van der Waals surface area (Å²) in [6.07, 6.45) is 0. The molecule has 0 unspecified atom stereocenters. The molecule has 0 radical (unpaired) electrons. The van der Waals surface area contributed by atoms with Gasteiger partial charge in [-0.3, -0.25) is 4.79 Å². The molecular weight excluding hydrogens is 362 g/mol. The maximum absolute atomic E-state index is 12.7. The van der Waals surface area contributed by atoms with Crippen LogP contribution < -0.4 is 15.5 Å². The van der Waals surface area contributed by atoms with Crippen molar-refractivity contribution in [1.29, 1.82) is 0 Å². The summed E-state index contributed by atoms with van der Waals surface area (Å²) in [7, 11) is 0. The normalized spacial score (nSPS) is 10.5. The van der Waals surface area contributed by atoms with E-state index < -0.39 is 0 Å². The third kappa shape index (κ3) is 5.31. The van der Waals surface area contributed by atoms with Gasteiger partial charge in [-0.15, -0.1) is 0 Å². The Balaban J connectivity index is 1.73. The van der Waals surface area contributed by atoms with Crippen molar-refractivity contribution in [2.75, 3.05) is 28.6 Å². The van der Waals surface area contributed by atoms with Gasteiger partial charge in [-0.1, -0.05) is 17.7 Å².